The highest BCUT2D eigenvalue weighted by Gasteiger charge is 2.12. The summed E-state index contributed by atoms with van der Waals surface area (Å²) in [6.07, 6.45) is 0.600. The Bertz CT molecular complexity index is 498. The van der Waals surface area contributed by atoms with Gasteiger partial charge in [0.05, 0.1) is 11.1 Å². The molecule has 0 aliphatic carbocycles. The molecule has 0 bridgehead atoms. The molecule has 108 valence electrons. The Morgan fingerprint density at radius 1 is 1.05 bits per heavy atom. The van der Waals surface area contributed by atoms with Gasteiger partial charge >= 0.3 is 18.0 Å². The molecular weight excluding hydrogens is 266 g/mol. The number of anilines is 1. The number of carbonyl (C=O) groups is 3. The largest absolute Gasteiger partial charge is 0.478 e. The number of carboxylic acid groups (broad SMARTS) is 2. The zero-order valence-corrected chi connectivity index (χ0v) is 10.5. The molecule has 0 atom stereocenters. The summed E-state index contributed by atoms with van der Waals surface area (Å²) in [5, 5.41) is 22.7. The van der Waals surface area contributed by atoms with Gasteiger partial charge in [0.2, 0.25) is 0 Å². The SMILES string of the molecule is NCCCNC(=O)Nc1cc(C(=O)O)cc(C(=O)O)c1. The molecular formula is C12H15N3O5. The summed E-state index contributed by atoms with van der Waals surface area (Å²) in [5.74, 6) is -2.56. The van der Waals surface area contributed by atoms with Crippen LogP contribution in [-0.4, -0.2) is 41.3 Å². The molecule has 0 aliphatic heterocycles. The lowest BCUT2D eigenvalue weighted by atomic mass is 10.1. The van der Waals surface area contributed by atoms with E-state index in [-0.39, 0.29) is 16.8 Å². The third-order valence-electron chi connectivity index (χ3n) is 2.35. The van der Waals surface area contributed by atoms with Gasteiger partial charge in [-0.1, -0.05) is 0 Å². The van der Waals surface area contributed by atoms with E-state index in [0.717, 1.165) is 6.07 Å². The number of rotatable bonds is 6. The van der Waals surface area contributed by atoms with E-state index in [4.69, 9.17) is 15.9 Å². The first-order valence-electron chi connectivity index (χ1n) is 5.80. The van der Waals surface area contributed by atoms with Gasteiger partial charge in [-0.2, -0.15) is 0 Å². The van der Waals surface area contributed by atoms with Crippen LogP contribution in [0.25, 0.3) is 0 Å². The van der Waals surface area contributed by atoms with Crippen LogP contribution in [0.1, 0.15) is 27.1 Å². The average molecular weight is 281 g/mol. The number of hydrogen-bond donors (Lipinski definition) is 5. The zero-order chi connectivity index (χ0) is 15.1. The molecule has 0 heterocycles. The number of urea groups is 1. The molecule has 8 heteroatoms. The summed E-state index contributed by atoms with van der Waals surface area (Å²) >= 11 is 0. The number of nitrogens with two attached hydrogens (primary N) is 1. The lowest BCUT2D eigenvalue weighted by Gasteiger charge is -2.09. The van der Waals surface area contributed by atoms with Gasteiger partial charge in [0, 0.05) is 12.2 Å². The van der Waals surface area contributed by atoms with E-state index in [1.807, 2.05) is 0 Å². The van der Waals surface area contributed by atoms with E-state index < -0.39 is 18.0 Å². The van der Waals surface area contributed by atoms with Gasteiger partial charge in [-0.15, -0.1) is 0 Å². The molecule has 1 aromatic carbocycles. The predicted molar refractivity (Wildman–Crippen MR) is 71.1 cm³/mol. The molecule has 20 heavy (non-hydrogen) atoms. The number of hydrogen-bond acceptors (Lipinski definition) is 4. The summed E-state index contributed by atoms with van der Waals surface area (Å²) < 4.78 is 0. The summed E-state index contributed by atoms with van der Waals surface area (Å²) in [6, 6.07) is 2.81. The third-order valence-corrected chi connectivity index (χ3v) is 2.35. The van der Waals surface area contributed by atoms with Crippen molar-refractivity contribution in [3.8, 4) is 0 Å². The highest BCUT2D eigenvalue weighted by atomic mass is 16.4. The molecule has 1 aromatic rings. The Morgan fingerprint density at radius 2 is 1.60 bits per heavy atom. The van der Waals surface area contributed by atoms with Gasteiger partial charge < -0.3 is 26.6 Å². The fourth-order valence-electron chi connectivity index (χ4n) is 1.43. The Labute approximate surface area is 114 Å². The fourth-order valence-corrected chi connectivity index (χ4v) is 1.43. The van der Waals surface area contributed by atoms with Gasteiger partial charge in [0.15, 0.2) is 0 Å². The first-order chi connectivity index (χ1) is 9.43. The Balaban J connectivity index is 2.86. The lowest BCUT2D eigenvalue weighted by molar-refractivity contribution is 0.0696. The number of benzene rings is 1. The van der Waals surface area contributed by atoms with Crippen LogP contribution in [0.2, 0.25) is 0 Å². The Hall–Kier alpha value is -2.61. The van der Waals surface area contributed by atoms with E-state index in [9.17, 15) is 14.4 Å². The average Bonchev–Trinajstić information content (AvgIpc) is 2.38. The molecule has 8 nitrogen and oxygen atoms in total. The molecule has 0 spiro atoms. The van der Waals surface area contributed by atoms with Crippen molar-refractivity contribution in [3.63, 3.8) is 0 Å². The predicted octanol–water partition coefficient (Wildman–Crippen LogP) is 0.553. The molecule has 0 aromatic heterocycles. The van der Waals surface area contributed by atoms with Crippen molar-refractivity contribution in [2.24, 2.45) is 5.73 Å². The van der Waals surface area contributed by atoms with Crippen LogP contribution >= 0.6 is 0 Å². The van der Waals surface area contributed by atoms with Crippen LogP contribution in [0.5, 0.6) is 0 Å². The first kappa shape index (κ1) is 15.4. The van der Waals surface area contributed by atoms with Crippen molar-refractivity contribution in [3.05, 3.63) is 29.3 Å². The molecule has 0 fully saturated rings. The van der Waals surface area contributed by atoms with Crippen LogP contribution in [0.15, 0.2) is 18.2 Å². The normalized spacial score (nSPS) is 9.85. The standard InChI is InChI=1S/C12H15N3O5/c13-2-1-3-14-12(20)15-9-5-7(10(16)17)4-8(6-9)11(18)19/h4-6H,1-3,13H2,(H,16,17)(H,18,19)(H2,14,15,20). The second-order valence-corrected chi connectivity index (χ2v) is 3.93. The topological polar surface area (TPSA) is 142 Å². The first-order valence-corrected chi connectivity index (χ1v) is 5.80. The minimum Gasteiger partial charge on any atom is -0.478 e. The second kappa shape index (κ2) is 7.10. The summed E-state index contributed by atoms with van der Waals surface area (Å²) in [7, 11) is 0. The van der Waals surface area contributed by atoms with Crippen LogP contribution in [0.3, 0.4) is 0 Å². The fraction of sp³-hybridized carbons (Fsp3) is 0.250. The highest BCUT2D eigenvalue weighted by molar-refractivity contribution is 5.98. The van der Waals surface area contributed by atoms with Crippen molar-refractivity contribution in [2.75, 3.05) is 18.4 Å². The molecule has 1 rings (SSSR count). The summed E-state index contributed by atoms with van der Waals surface area (Å²) in [6.45, 7) is 0.796. The van der Waals surface area contributed by atoms with Gasteiger partial charge in [0.1, 0.15) is 0 Å². The van der Waals surface area contributed by atoms with Crippen molar-refractivity contribution >= 4 is 23.7 Å². The van der Waals surface area contributed by atoms with Crippen LogP contribution in [-0.2, 0) is 0 Å². The number of aromatic carboxylic acids is 2. The molecule has 2 amide bonds. The van der Waals surface area contributed by atoms with E-state index in [1.165, 1.54) is 12.1 Å². The van der Waals surface area contributed by atoms with Crippen molar-refractivity contribution in [2.45, 2.75) is 6.42 Å². The van der Waals surface area contributed by atoms with Crippen molar-refractivity contribution in [1.82, 2.24) is 5.32 Å². The van der Waals surface area contributed by atoms with Crippen LogP contribution < -0.4 is 16.4 Å². The molecule has 0 aliphatic rings. The highest BCUT2D eigenvalue weighted by Crippen LogP contribution is 2.15. The van der Waals surface area contributed by atoms with E-state index >= 15 is 0 Å². The number of carboxylic acids is 2. The van der Waals surface area contributed by atoms with E-state index in [1.54, 1.807) is 0 Å². The molecule has 0 saturated heterocycles. The maximum atomic E-state index is 11.5. The second-order valence-electron chi connectivity index (χ2n) is 3.93. The van der Waals surface area contributed by atoms with Crippen molar-refractivity contribution in [1.29, 1.82) is 0 Å². The maximum absolute atomic E-state index is 11.5. The minimum absolute atomic E-state index is 0.0903. The molecule has 0 unspecified atom stereocenters. The van der Waals surface area contributed by atoms with Gasteiger partial charge in [-0.05, 0) is 31.2 Å². The van der Waals surface area contributed by atoms with Crippen LogP contribution in [0.4, 0.5) is 10.5 Å². The van der Waals surface area contributed by atoms with Crippen LogP contribution in [0, 0.1) is 0 Å². The maximum Gasteiger partial charge on any atom is 0.335 e. The summed E-state index contributed by atoms with van der Waals surface area (Å²) in [5.41, 5.74) is 4.92. The van der Waals surface area contributed by atoms with Gasteiger partial charge in [0.25, 0.3) is 0 Å². The molecule has 0 saturated carbocycles. The van der Waals surface area contributed by atoms with Gasteiger partial charge in [-0.3, -0.25) is 0 Å². The smallest absolute Gasteiger partial charge is 0.335 e. The van der Waals surface area contributed by atoms with Crippen molar-refractivity contribution < 1.29 is 24.6 Å². The third kappa shape index (κ3) is 4.58. The quantitative estimate of drug-likeness (QED) is 0.482. The van der Waals surface area contributed by atoms with E-state index in [2.05, 4.69) is 10.6 Å². The van der Waals surface area contributed by atoms with Gasteiger partial charge in [-0.25, -0.2) is 14.4 Å². The lowest BCUT2D eigenvalue weighted by Crippen LogP contribution is -2.30. The number of carbonyl (C=O) groups excluding carboxylic acids is 1. The Morgan fingerprint density at radius 3 is 2.05 bits per heavy atom. The Kier molecular flexibility index (Phi) is 5.48. The van der Waals surface area contributed by atoms with E-state index in [0.29, 0.717) is 19.5 Å². The number of amides is 2. The molecule has 6 N–H and O–H groups in total. The monoisotopic (exact) mass is 281 g/mol. The summed E-state index contributed by atoms with van der Waals surface area (Å²) in [4.78, 5) is 33.3. The minimum atomic E-state index is -1.28. The number of nitrogens with one attached hydrogen (secondary N) is 2. The molecule has 0 radical (unpaired) electrons. The zero-order valence-electron chi connectivity index (χ0n) is 10.5.